The molecule has 1 fully saturated rings. The fourth-order valence-electron chi connectivity index (χ4n) is 2.69. The Balaban J connectivity index is 2.03. The first kappa shape index (κ1) is 13.6. The Morgan fingerprint density at radius 1 is 1.28 bits per heavy atom. The van der Waals surface area contributed by atoms with Gasteiger partial charge in [-0.1, -0.05) is 19.3 Å². The Kier molecular flexibility index (Phi) is 4.10. The van der Waals surface area contributed by atoms with Gasteiger partial charge in [-0.15, -0.1) is 0 Å². The van der Waals surface area contributed by atoms with E-state index < -0.39 is 0 Å². The molecular weight excluding hydrogens is 222 g/mol. The predicted octanol–water partition coefficient (Wildman–Crippen LogP) is 3.58. The summed E-state index contributed by atoms with van der Waals surface area (Å²) in [6, 6.07) is 0.641. The molecule has 1 N–H and O–H groups in total. The van der Waals surface area contributed by atoms with Crippen LogP contribution in [0, 0.1) is 6.92 Å². The summed E-state index contributed by atoms with van der Waals surface area (Å²) in [5.74, 6) is 0. The molecular formula is C15H27N3. The van der Waals surface area contributed by atoms with Gasteiger partial charge in [0.15, 0.2) is 0 Å². The topological polar surface area (TPSA) is 29.9 Å². The highest BCUT2D eigenvalue weighted by Gasteiger charge is 2.19. The van der Waals surface area contributed by atoms with Crippen LogP contribution in [0.5, 0.6) is 0 Å². The van der Waals surface area contributed by atoms with Gasteiger partial charge in [-0.3, -0.25) is 4.68 Å². The molecule has 1 aliphatic carbocycles. The molecule has 3 nitrogen and oxygen atoms in total. The summed E-state index contributed by atoms with van der Waals surface area (Å²) >= 11 is 0. The van der Waals surface area contributed by atoms with E-state index in [9.17, 15) is 0 Å². The molecule has 1 heterocycles. The highest BCUT2D eigenvalue weighted by atomic mass is 15.3. The van der Waals surface area contributed by atoms with E-state index in [1.165, 1.54) is 43.4 Å². The summed E-state index contributed by atoms with van der Waals surface area (Å²) in [5.41, 5.74) is 2.86. The lowest BCUT2D eigenvalue weighted by Crippen LogP contribution is -2.35. The van der Waals surface area contributed by atoms with Crippen LogP contribution in [0.2, 0.25) is 0 Å². The zero-order chi connectivity index (χ0) is 13.2. The zero-order valence-corrected chi connectivity index (χ0v) is 12.3. The molecule has 0 aliphatic heterocycles. The largest absolute Gasteiger partial charge is 0.308 e. The molecule has 0 spiro atoms. The summed E-state index contributed by atoms with van der Waals surface area (Å²) in [4.78, 5) is 0. The Labute approximate surface area is 111 Å². The van der Waals surface area contributed by atoms with Gasteiger partial charge in [-0.05, 0) is 40.5 Å². The average Bonchev–Trinajstić information content (AvgIpc) is 2.68. The van der Waals surface area contributed by atoms with Gasteiger partial charge in [0.25, 0.3) is 0 Å². The fraction of sp³-hybridized carbons (Fsp3) is 0.800. The monoisotopic (exact) mass is 249 g/mol. The SMILES string of the molecule is Cc1c(CNC(C)(C)C)cnn1C1CCCCC1. The summed E-state index contributed by atoms with van der Waals surface area (Å²) in [6.45, 7) is 9.74. The van der Waals surface area contributed by atoms with Gasteiger partial charge in [0, 0.05) is 23.3 Å². The minimum Gasteiger partial charge on any atom is -0.308 e. The van der Waals surface area contributed by atoms with Gasteiger partial charge in [0.2, 0.25) is 0 Å². The van der Waals surface area contributed by atoms with Crippen LogP contribution in [0.15, 0.2) is 6.20 Å². The van der Waals surface area contributed by atoms with Gasteiger partial charge in [-0.2, -0.15) is 5.10 Å². The van der Waals surface area contributed by atoms with E-state index in [-0.39, 0.29) is 5.54 Å². The predicted molar refractivity (Wildman–Crippen MR) is 75.7 cm³/mol. The van der Waals surface area contributed by atoms with Crippen LogP contribution in [-0.2, 0) is 6.54 Å². The third-order valence-corrected chi connectivity index (χ3v) is 3.88. The molecule has 102 valence electrons. The second kappa shape index (κ2) is 5.43. The highest BCUT2D eigenvalue weighted by molar-refractivity contribution is 5.17. The van der Waals surface area contributed by atoms with Crippen LogP contribution in [-0.4, -0.2) is 15.3 Å². The zero-order valence-electron chi connectivity index (χ0n) is 12.3. The smallest absolute Gasteiger partial charge is 0.0537 e. The van der Waals surface area contributed by atoms with Gasteiger partial charge in [-0.25, -0.2) is 0 Å². The summed E-state index contributed by atoms with van der Waals surface area (Å²) < 4.78 is 2.26. The third-order valence-electron chi connectivity index (χ3n) is 3.88. The van der Waals surface area contributed by atoms with Crippen molar-refractivity contribution in [1.82, 2.24) is 15.1 Å². The molecule has 0 radical (unpaired) electrons. The quantitative estimate of drug-likeness (QED) is 0.887. The van der Waals surface area contributed by atoms with Gasteiger partial charge in [0.05, 0.1) is 12.2 Å². The number of aromatic nitrogens is 2. The molecule has 0 atom stereocenters. The maximum Gasteiger partial charge on any atom is 0.0537 e. The molecule has 0 bridgehead atoms. The minimum atomic E-state index is 0.166. The third kappa shape index (κ3) is 3.35. The number of nitrogens with zero attached hydrogens (tertiary/aromatic N) is 2. The Bertz CT molecular complexity index is 381. The molecule has 1 saturated carbocycles. The van der Waals surface area contributed by atoms with Gasteiger partial charge in [0.1, 0.15) is 0 Å². The summed E-state index contributed by atoms with van der Waals surface area (Å²) in [7, 11) is 0. The maximum atomic E-state index is 4.62. The van der Waals surface area contributed by atoms with E-state index in [1.807, 2.05) is 6.20 Å². The fourth-order valence-corrected chi connectivity index (χ4v) is 2.69. The normalized spacial score (nSPS) is 18.2. The number of hydrogen-bond acceptors (Lipinski definition) is 2. The van der Waals surface area contributed by atoms with E-state index in [2.05, 4.69) is 42.8 Å². The number of nitrogens with one attached hydrogen (secondary N) is 1. The lowest BCUT2D eigenvalue weighted by molar-refractivity contribution is 0.324. The van der Waals surface area contributed by atoms with Crippen LogP contribution in [0.1, 0.15) is 70.2 Å². The highest BCUT2D eigenvalue weighted by Crippen LogP contribution is 2.29. The Morgan fingerprint density at radius 3 is 2.56 bits per heavy atom. The van der Waals surface area contributed by atoms with Crippen molar-refractivity contribution in [1.29, 1.82) is 0 Å². The maximum absolute atomic E-state index is 4.62. The van der Waals surface area contributed by atoms with Crippen LogP contribution in [0.3, 0.4) is 0 Å². The van der Waals surface area contributed by atoms with Crippen LogP contribution in [0.4, 0.5) is 0 Å². The van der Waals surface area contributed by atoms with Crippen molar-refractivity contribution in [3.8, 4) is 0 Å². The first-order valence-electron chi connectivity index (χ1n) is 7.25. The number of rotatable bonds is 3. The second-order valence-electron chi connectivity index (χ2n) is 6.60. The van der Waals surface area contributed by atoms with E-state index in [1.54, 1.807) is 0 Å². The first-order chi connectivity index (χ1) is 8.47. The molecule has 0 unspecified atom stereocenters. The van der Waals surface area contributed by atoms with Crippen molar-refractivity contribution in [2.45, 2.75) is 77.9 Å². The average molecular weight is 249 g/mol. The minimum absolute atomic E-state index is 0.166. The van der Waals surface area contributed by atoms with Gasteiger partial charge < -0.3 is 5.32 Å². The molecule has 1 aliphatic rings. The number of hydrogen-bond donors (Lipinski definition) is 1. The van der Waals surface area contributed by atoms with Crippen molar-refractivity contribution in [3.05, 3.63) is 17.5 Å². The van der Waals surface area contributed by atoms with Crippen molar-refractivity contribution in [2.24, 2.45) is 0 Å². The van der Waals surface area contributed by atoms with Crippen LogP contribution < -0.4 is 5.32 Å². The Hall–Kier alpha value is -0.830. The lowest BCUT2D eigenvalue weighted by atomic mass is 9.95. The summed E-state index contributed by atoms with van der Waals surface area (Å²) in [6.07, 6.45) is 8.76. The van der Waals surface area contributed by atoms with E-state index in [4.69, 9.17) is 0 Å². The summed E-state index contributed by atoms with van der Waals surface area (Å²) in [5, 5.41) is 8.16. The van der Waals surface area contributed by atoms with Crippen molar-refractivity contribution >= 4 is 0 Å². The molecule has 0 amide bonds. The van der Waals surface area contributed by atoms with Crippen molar-refractivity contribution < 1.29 is 0 Å². The standard InChI is InChI=1S/C15H27N3/c1-12-13(10-16-15(2,3)4)11-17-18(12)14-8-6-5-7-9-14/h11,14,16H,5-10H2,1-4H3. The molecule has 0 saturated heterocycles. The first-order valence-corrected chi connectivity index (χ1v) is 7.25. The van der Waals surface area contributed by atoms with Crippen LogP contribution >= 0.6 is 0 Å². The van der Waals surface area contributed by atoms with Gasteiger partial charge >= 0.3 is 0 Å². The van der Waals surface area contributed by atoms with E-state index >= 15 is 0 Å². The lowest BCUT2D eigenvalue weighted by Gasteiger charge is -2.24. The van der Waals surface area contributed by atoms with E-state index in [0.29, 0.717) is 6.04 Å². The van der Waals surface area contributed by atoms with Crippen molar-refractivity contribution in [3.63, 3.8) is 0 Å². The molecule has 1 aromatic rings. The molecule has 18 heavy (non-hydrogen) atoms. The molecule has 0 aromatic carbocycles. The molecule has 3 heteroatoms. The second-order valence-corrected chi connectivity index (χ2v) is 6.60. The molecule has 1 aromatic heterocycles. The van der Waals surface area contributed by atoms with Crippen molar-refractivity contribution in [2.75, 3.05) is 0 Å². The van der Waals surface area contributed by atoms with Crippen LogP contribution in [0.25, 0.3) is 0 Å². The Morgan fingerprint density at radius 2 is 1.94 bits per heavy atom. The molecule has 2 rings (SSSR count). The van der Waals surface area contributed by atoms with E-state index in [0.717, 1.165) is 6.54 Å².